The van der Waals surface area contributed by atoms with Crippen molar-refractivity contribution in [2.24, 2.45) is 0 Å². The monoisotopic (exact) mass is 228 g/mol. The Kier molecular flexibility index (Phi) is 2.18. The Balaban J connectivity index is 1.95. The van der Waals surface area contributed by atoms with E-state index < -0.39 is 0 Å². The molecule has 0 unspecified atom stereocenters. The summed E-state index contributed by atoms with van der Waals surface area (Å²) in [5, 5.41) is 4.45. The quantitative estimate of drug-likeness (QED) is 0.858. The molecule has 1 aliphatic carbocycles. The van der Waals surface area contributed by atoms with E-state index in [-0.39, 0.29) is 5.54 Å². The van der Waals surface area contributed by atoms with E-state index in [1.165, 1.54) is 19.3 Å². The number of nitrogens with two attached hydrogens (primary N) is 1. The molecule has 2 aromatic heterocycles. The van der Waals surface area contributed by atoms with E-state index in [2.05, 4.69) is 27.9 Å². The number of nitrogens with zero attached hydrogens (tertiary/aromatic N) is 3. The highest BCUT2D eigenvalue weighted by atomic mass is 15.3. The van der Waals surface area contributed by atoms with Gasteiger partial charge in [0.1, 0.15) is 0 Å². The van der Waals surface area contributed by atoms with Gasteiger partial charge in [-0.05, 0) is 38.3 Å². The number of hydrogen-bond donors (Lipinski definition) is 1. The van der Waals surface area contributed by atoms with Gasteiger partial charge in [-0.25, -0.2) is 0 Å². The first-order valence-electron chi connectivity index (χ1n) is 5.94. The molecule has 0 bridgehead atoms. The summed E-state index contributed by atoms with van der Waals surface area (Å²) in [5.41, 5.74) is 8.62. The Labute approximate surface area is 100 Å². The summed E-state index contributed by atoms with van der Waals surface area (Å²) < 4.78 is 2.07. The van der Waals surface area contributed by atoms with Gasteiger partial charge in [-0.1, -0.05) is 0 Å². The van der Waals surface area contributed by atoms with E-state index in [1.807, 2.05) is 12.3 Å². The number of rotatable bonds is 2. The molecule has 2 heterocycles. The molecule has 2 N–H and O–H groups in total. The van der Waals surface area contributed by atoms with Crippen molar-refractivity contribution in [3.63, 3.8) is 0 Å². The first-order valence-corrected chi connectivity index (χ1v) is 5.94. The molecule has 3 rings (SSSR count). The molecule has 1 fully saturated rings. The largest absolute Gasteiger partial charge is 0.399 e. The van der Waals surface area contributed by atoms with E-state index in [0.717, 1.165) is 16.9 Å². The summed E-state index contributed by atoms with van der Waals surface area (Å²) in [6.45, 7) is 2.25. The number of aromatic nitrogens is 3. The van der Waals surface area contributed by atoms with Crippen LogP contribution in [-0.2, 0) is 5.54 Å². The average Bonchev–Trinajstić information content (AvgIpc) is 2.75. The SMILES string of the molecule is CC1(n2cc(-c3cc(N)ccn3)cn2)CCC1. The van der Waals surface area contributed by atoms with Gasteiger partial charge in [-0.2, -0.15) is 5.10 Å². The molecule has 4 heteroatoms. The number of anilines is 1. The van der Waals surface area contributed by atoms with Crippen molar-refractivity contribution in [3.8, 4) is 11.3 Å². The molecular formula is C13H16N4. The Morgan fingerprint density at radius 2 is 2.24 bits per heavy atom. The zero-order valence-corrected chi connectivity index (χ0v) is 9.93. The van der Waals surface area contributed by atoms with Gasteiger partial charge >= 0.3 is 0 Å². The second-order valence-electron chi connectivity index (χ2n) is 5.00. The Bertz CT molecular complexity index is 540. The van der Waals surface area contributed by atoms with Crippen LogP contribution in [0.4, 0.5) is 5.69 Å². The highest BCUT2D eigenvalue weighted by Gasteiger charge is 2.34. The third-order valence-electron chi connectivity index (χ3n) is 3.65. The number of pyridine rings is 1. The summed E-state index contributed by atoms with van der Waals surface area (Å²) >= 11 is 0. The normalized spacial score (nSPS) is 17.7. The minimum absolute atomic E-state index is 0.207. The third kappa shape index (κ3) is 1.69. The summed E-state index contributed by atoms with van der Waals surface area (Å²) in [6, 6.07) is 3.67. The van der Waals surface area contributed by atoms with Crippen LogP contribution < -0.4 is 5.73 Å². The van der Waals surface area contributed by atoms with Crippen LogP contribution in [0.15, 0.2) is 30.7 Å². The molecule has 1 saturated carbocycles. The van der Waals surface area contributed by atoms with E-state index in [9.17, 15) is 0 Å². The molecule has 0 saturated heterocycles. The first kappa shape index (κ1) is 10.3. The summed E-state index contributed by atoms with van der Waals surface area (Å²) in [4.78, 5) is 4.32. The lowest BCUT2D eigenvalue weighted by Crippen LogP contribution is -2.37. The fourth-order valence-electron chi connectivity index (χ4n) is 2.27. The minimum atomic E-state index is 0.207. The fourth-order valence-corrected chi connectivity index (χ4v) is 2.27. The smallest absolute Gasteiger partial charge is 0.0753 e. The van der Waals surface area contributed by atoms with Gasteiger partial charge in [-0.15, -0.1) is 0 Å². The van der Waals surface area contributed by atoms with Crippen LogP contribution in [0.2, 0.25) is 0 Å². The summed E-state index contributed by atoms with van der Waals surface area (Å²) in [7, 11) is 0. The molecule has 0 spiro atoms. The Morgan fingerprint density at radius 3 is 2.88 bits per heavy atom. The van der Waals surface area contributed by atoms with Crippen molar-refractivity contribution in [1.82, 2.24) is 14.8 Å². The maximum absolute atomic E-state index is 5.76. The van der Waals surface area contributed by atoms with Crippen molar-refractivity contribution in [3.05, 3.63) is 30.7 Å². The standard InChI is InChI=1S/C13H16N4/c1-13(4-2-5-13)17-9-10(8-16-17)12-7-11(14)3-6-15-12/h3,6-9H,2,4-5H2,1H3,(H2,14,15). The van der Waals surface area contributed by atoms with Crippen LogP contribution in [0, 0.1) is 0 Å². The van der Waals surface area contributed by atoms with Crippen LogP contribution in [0.1, 0.15) is 26.2 Å². The minimum Gasteiger partial charge on any atom is -0.399 e. The van der Waals surface area contributed by atoms with Gasteiger partial charge < -0.3 is 5.73 Å². The summed E-state index contributed by atoms with van der Waals surface area (Å²) in [6.07, 6.45) is 9.37. The van der Waals surface area contributed by atoms with Gasteiger partial charge in [-0.3, -0.25) is 9.67 Å². The lowest BCUT2D eigenvalue weighted by atomic mass is 9.79. The fraction of sp³-hybridized carbons (Fsp3) is 0.385. The number of nitrogen functional groups attached to an aromatic ring is 1. The van der Waals surface area contributed by atoms with Crippen LogP contribution in [0.3, 0.4) is 0 Å². The average molecular weight is 228 g/mol. The summed E-state index contributed by atoms with van der Waals surface area (Å²) in [5.74, 6) is 0. The van der Waals surface area contributed by atoms with E-state index >= 15 is 0 Å². The zero-order chi connectivity index (χ0) is 11.9. The van der Waals surface area contributed by atoms with E-state index in [0.29, 0.717) is 0 Å². The molecule has 0 aliphatic heterocycles. The van der Waals surface area contributed by atoms with Crippen LogP contribution in [0.25, 0.3) is 11.3 Å². The van der Waals surface area contributed by atoms with Crippen molar-refractivity contribution < 1.29 is 0 Å². The molecule has 1 aliphatic rings. The highest BCUT2D eigenvalue weighted by Crippen LogP contribution is 2.38. The van der Waals surface area contributed by atoms with Crippen LogP contribution in [-0.4, -0.2) is 14.8 Å². The second kappa shape index (κ2) is 3.58. The lowest BCUT2D eigenvalue weighted by molar-refractivity contribution is 0.149. The van der Waals surface area contributed by atoms with Crippen molar-refractivity contribution >= 4 is 5.69 Å². The molecule has 17 heavy (non-hydrogen) atoms. The van der Waals surface area contributed by atoms with Crippen LogP contribution >= 0.6 is 0 Å². The molecule has 88 valence electrons. The van der Waals surface area contributed by atoms with Gasteiger partial charge in [0.05, 0.1) is 17.4 Å². The Hall–Kier alpha value is -1.84. The zero-order valence-electron chi connectivity index (χ0n) is 9.93. The maximum atomic E-state index is 5.76. The van der Waals surface area contributed by atoms with Crippen molar-refractivity contribution in [1.29, 1.82) is 0 Å². The molecule has 0 amide bonds. The number of hydrogen-bond acceptors (Lipinski definition) is 3. The highest BCUT2D eigenvalue weighted by molar-refractivity contribution is 5.61. The lowest BCUT2D eigenvalue weighted by Gasteiger charge is -2.38. The van der Waals surface area contributed by atoms with Gasteiger partial charge in [0.2, 0.25) is 0 Å². The molecule has 4 nitrogen and oxygen atoms in total. The third-order valence-corrected chi connectivity index (χ3v) is 3.65. The molecule has 2 aromatic rings. The van der Waals surface area contributed by atoms with Crippen molar-refractivity contribution in [2.45, 2.75) is 31.7 Å². The topological polar surface area (TPSA) is 56.7 Å². The van der Waals surface area contributed by atoms with Crippen molar-refractivity contribution in [2.75, 3.05) is 5.73 Å². The predicted octanol–water partition coefficient (Wildman–Crippen LogP) is 2.43. The Morgan fingerprint density at radius 1 is 1.41 bits per heavy atom. The molecular weight excluding hydrogens is 212 g/mol. The van der Waals surface area contributed by atoms with Gasteiger partial charge in [0, 0.05) is 23.6 Å². The maximum Gasteiger partial charge on any atom is 0.0753 e. The second-order valence-corrected chi connectivity index (χ2v) is 5.00. The van der Waals surface area contributed by atoms with E-state index in [1.54, 1.807) is 12.3 Å². The predicted molar refractivity (Wildman–Crippen MR) is 67.4 cm³/mol. The van der Waals surface area contributed by atoms with E-state index in [4.69, 9.17) is 5.73 Å². The molecule has 0 atom stereocenters. The van der Waals surface area contributed by atoms with Gasteiger partial charge in [0.25, 0.3) is 0 Å². The molecule has 0 radical (unpaired) electrons. The van der Waals surface area contributed by atoms with Crippen LogP contribution in [0.5, 0.6) is 0 Å². The van der Waals surface area contributed by atoms with Gasteiger partial charge in [0.15, 0.2) is 0 Å². The molecule has 0 aromatic carbocycles. The first-order chi connectivity index (χ1) is 8.17.